The predicted molar refractivity (Wildman–Crippen MR) is 104 cm³/mol. The highest BCUT2D eigenvalue weighted by atomic mass is 35.5. The normalized spacial score (nSPS) is 11.7. The molecule has 0 aliphatic carbocycles. The Morgan fingerprint density at radius 3 is 2.56 bits per heavy atom. The van der Waals surface area contributed by atoms with Gasteiger partial charge in [-0.2, -0.15) is 0 Å². The van der Waals surface area contributed by atoms with E-state index in [9.17, 15) is 14.0 Å². The predicted octanol–water partition coefficient (Wildman–Crippen LogP) is 3.67. The maximum absolute atomic E-state index is 13.8. The molecule has 27 heavy (non-hydrogen) atoms. The van der Waals surface area contributed by atoms with Gasteiger partial charge in [0.25, 0.3) is 5.56 Å². The third-order valence-electron chi connectivity index (χ3n) is 4.26. The molecule has 0 aliphatic heterocycles. The van der Waals surface area contributed by atoms with E-state index in [1.54, 1.807) is 6.07 Å². The van der Waals surface area contributed by atoms with Gasteiger partial charge in [0.2, 0.25) is 5.91 Å². The Balaban J connectivity index is 1.93. The molecule has 3 rings (SSSR count). The van der Waals surface area contributed by atoms with Gasteiger partial charge in [-0.1, -0.05) is 29.8 Å². The van der Waals surface area contributed by atoms with Crippen molar-refractivity contribution >= 4 is 28.4 Å². The van der Waals surface area contributed by atoms with E-state index < -0.39 is 11.4 Å². The molecule has 142 valence electrons. The molecule has 0 aliphatic rings. The van der Waals surface area contributed by atoms with Crippen molar-refractivity contribution in [2.45, 2.75) is 39.4 Å². The van der Waals surface area contributed by atoms with Crippen LogP contribution in [0.2, 0.25) is 5.02 Å². The number of amides is 1. The van der Waals surface area contributed by atoms with Gasteiger partial charge in [0.15, 0.2) is 0 Å². The van der Waals surface area contributed by atoms with Gasteiger partial charge in [0.05, 0.1) is 16.4 Å². The molecule has 1 amide bonds. The molecule has 0 atom stereocenters. The molecular weight excluding hydrogens is 369 g/mol. The quantitative estimate of drug-likeness (QED) is 0.740. The Kier molecular flexibility index (Phi) is 5.11. The largest absolute Gasteiger partial charge is 0.350 e. The van der Waals surface area contributed by atoms with E-state index in [0.29, 0.717) is 15.9 Å². The molecule has 1 aromatic heterocycles. The summed E-state index contributed by atoms with van der Waals surface area (Å²) in [5.41, 5.74) is 0.360. The van der Waals surface area contributed by atoms with Gasteiger partial charge < -0.3 is 5.32 Å². The number of aromatic nitrogens is 2. The Hall–Kier alpha value is -2.60. The Morgan fingerprint density at radius 2 is 1.89 bits per heavy atom. The van der Waals surface area contributed by atoms with E-state index in [4.69, 9.17) is 11.6 Å². The lowest BCUT2D eigenvalue weighted by Gasteiger charge is -2.24. The van der Waals surface area contributed by atoms with Crippen molar-refractivity contribution in [2.24, 2.45) is 0 Å². The van der Waals surface area contributed by atoms with Crippen LogP contribution in [-0.4, -0.2) is 15.3 Å². The summed E-state index contributed by atoms with van der Waals surface area (Å²) in [5.74, 6) is -0.757. The first-order valence-electron chi connectivity index (χ1n) is 8.60. The number of halogens is 2. The molecule has 1 N–H and O–H groups in total. The number of carbonyl (C=O) groups is 1. The molecule has 0 spiro atoms. The lowest BCUT2D eigenvalue weighted by molar-refractivity contribution is -0.122. The molecule has 0 fully saturated rings. The van der Waals surface area contributed by atoms with Crippen LogP contribution >= 0.6 is 11.6 Å². The number of nitrogens with one attached hydrogen (secondary N) is 1. The first kappa shape index (κ1) is 19.2. The van der Waals surface area contributed by atoms with E-state index in [1.807, 2.05) is 39.0 Å². The van der Waals surface area contributed by atoms with Gasteiger partial charge in [-0.05, 0) is 50.6 Å². The lowest BCUT2D eigenvalue weighted by atomic mass is 10.1. The van der Waals surface area contributed by atoms with Crippen LogP contribution in [0.25, 0.3) is 10.9 Å². The summed E-state index contributed by atoms with van der Waals surface area (Å²) in [5, 5.41) is 3.75. The standard InChI is InChI=1S/C20H21ClFN3O2/c1-20(2,3)25-19(27)15-9-8-14(22)10-17(15)24(25)12-18(26)23-11-13-6-4-5-7-16(13)21/h4-10H,11-12H2,1-3H3,(H,23,26). The van der Waals surface area contributed by atoms with Crippen LogP contribution in [0.5, 0.6) is 0 Å². The highest BCUT2D eigenvalue weighted by Crippen LogP contribution is 2.20. The Morgan fingerprint density at radius 1 is 1.19 bits per heavy atom. The van der Waals surface area contributed by atoms with Crippen molar-refractivity contribution in [3.63, 3.8) is 0 Å². The molecule has 1 heterocycles. The smallest absolute Gasteiger partial charge is 0.275 e. The second-order valence-corrected chi connectivity index (χ2v) is 7.78. The summed E-state index contributed by atoms with van der Waals surface area (Å²) in [6.07, 6.45) is 0. The van der Waals surface area contributed by atoms with Crippen LogP contribution in [0.3, 0.4) is 0 Å². The van der Waals surface area contributed by atoms with E-state index in [-0.39, 0.29) is 24.6 Å². The fourth-order valence-corrected chi connectivity index (χ4v) is 3.28. The molecule has 0 radical (unpaired) electrons. The minimum Gasteiger partial charge on any atom is -0.350 e. The van der Waals surface area contributed by atoms with E-state index in [1.165, 1.54) is 27.6 Å². The van der Waals surface area contributed by atoms with Gasteiger partial charge in [0, 0.05) is 11.6 Å². The van der Waals surface area contributed by atoms with Crippen molar-refractivity contribution < 1.29 is 9.18 Å². The van der Waals surface area contributed by atoms with E-state index >= 15 is 0 Å². The summed E-state index contributed by atoms with van der Waals surface area (Å²) in [4.78, 5) is 25.3. The minimum atomic E-state index is -0.574. The number of hydrogen-bond acceptors (Lipinski definition) is 2. The number of fused-ring (bicyclic) bond motifs is 1. The van der Waals surface area contributed by atoms with Crippen LogP contribution in [0.4, 0.5) is 4.39 Å². The van der Waals surface area contributed by atoms with Crippen LogP contribution in [-0.2, 0) is 23.4 Å². The number of carbonyl (C=O) groups excluding carboxylic acids is 1. The van der Waals surface area contributed by atoms with E-state index in [0.717, 1.165) is 5.56 Å². The first-order valence-corrected chi connectivity index (χ1v) is 8.98. The second-order valence-electron chi connectivity index (χ2n) is 7.38. The zero-order valence-corrected chi connectivity index (χ0v) is 16.2. The zero-order valence-electron chi connectivity index (χ0n) is 15.4. The molecule has 0 saturated heterocycles. The van der Waals surface area contributed by atoms with E-state index in [2.05, 4.69) is 5.32 Å². The van der Waals surface area contributed by atoms with Gasteiger partial charge in [-0.25, -0.2) is 9.07 Å². The molecule has 5 nitrogen and oxygen atoms in total. The molecule has 0 bridgehead atoms. The SMILES string of the molecule is CC(C)(C)n1c(=O)c2ccc(F)cc2n1CC(=O)NCc1ccccc1Cl. The van der Waals surface area contributed by atoms with Gasteiger partial charge in [-0.3, -0.25) is 14.3 Å². The molecule has 7 heteroatoms. The first-order chi connectivity index (χ1) is 12.7. The van der Waals surface area contributed by atoms with Gasteiger partial charge >= 0.3 is 0 Å². The molecule has 3 aromatic rings. The minimum absolute atomic E-state index is 0.107. The number of rotatable bonds is 4. The van der Waals surface area contributed by atoms with Crippen molar-refractivity contribution in [1.82, 2.24) is 14.7 Å². The van der Waals surface area contributed by atoms with Gasteiger partial charge in [-0.15, -0.1) is 0 Å². The highest BCUT2D eigenvalue weighted by Gasteiger charge is 2.24. The maximum atomic E-state index is 13.8. The average molecular weight is 390 g/mol. The fraction of sp³-hybridized carbons (Fsp3) is 0.300. The topological polar surface area (TPSA) is 56.0 Å². The number of hydrogen-bond donors (Lipinski definition) is 1. The number of nitrogens with zero attached hydrogens (tertiary/aromatic N) is 2. The molecular formula is C20H21ClFN3O2. The average Bonchev–Trinajstić information content (AvgIpc) is 2.85. The summed E-state index contributed by atoms with van der Waals surface area (Å²) in [6.45, 7) is 5.75. The third-order valence-corrected chi connectivity index (χ3v) is 4.63. The molecule has 2 aromatic carbocycles. The van der Waals surface area contributed by atoms with Crippen molar-refractivity contribution in [2.75, 3.05) is 0 Å². The summed E-state index contributed by atoms with van der Waals surface area (Å²) in [7, 11) is 0. The summed E-state index contributed by atoms with van der Waals surface area (Å²) < 4.78 is 16.8. The van der Waals surface area contributed by atoms with Crippen LogP contribution in [0.1, 0.15) is 26.3 Å². The molecule has 0 unspecified atom stereocenters. The van der Waals surface area contributed by atoms with Crippen molar-refractivity contribution in [3.8, 4) is 0 Å². The van der Waals surface area contributed by atoms with Crippen molar-refractivity contribution in [3.05, 3.63) is 69.2 Å². The summed E-state index contributed by atoms with van der Waals surface area (Å²) in [6, 6.07) is 11.2. The summed E-state index contributed by atoms with van der Waals surface area (Å²) >= 11 is 6.11. The highest BCUT2D eigenvalue weighted by molar-refractivity contribution is 6.31. The number of benzene rings is 2. The second kappa shape index (κ2) is 7.19. The lowest BCUT2D eigenvalue weighted by Crippen LogP contribution is -2.39. The zero-order chi connectivity index (χ0) is 19.8. The third kappa shape index (κ3) is 3.90. The van der Waals surface area contributed by atoms with Crippen molar-refractivity contribution in [1.29, 1.82) is 0 Å². The Labute approximate surface area is 161 Å². The van der Waals surface area contributed by atoms with Crippen LogP contribution in [0.15, 0.2) is 47.3 Å². The maximum Gasteiger partial charge on any atom is 0.275 e. The Bertz CT molecular complexity index is 1060. The monoisotopic (exact) mass is 389 g/mol. The van der Waals surface area contributed by atoms with Crippen LogP contribution < -0.4 is 10.9 Å². The van der Waals surface area contributed by atoms with Gasteiger partial charge in [0.1, 0.15) is 12.4 Å². The van der Waals surface area contributed by atoms with Crippen LogP contribution in [0, 0.1) is 5.82 Å². The fourth-order valence-electron chi connectivity index (χ4n) is 3.08. The molecule has 0 saturated carbocycles.